The molecule has 3 aliphatic rings. The summed E-state index contributed by atoms with van der Waals surface area (Å²) in [5, 5.41) is 5.50. The number of amides is 4. The highest BCUT2D eigenvalue weighted by atomic mass is 32.2. The third-order valence-electron chi connectivity index (χ3n) is 7.23. The third kappa shape index (κ3) is 8.66. The zero-order valence-electron chi connectivity index (χ0n) is 24.2. The van der Waals surface area contributed by atoms with Gasteiger partial charge in [-0.3, -0.25) is 14.4 Å². The fourth-order valence-electron chi connectivity index (χ4n) is 5.07. The molecular formula is C27H45N5O7S. The molecule has 0 bridgehead atoms. The van der Waals surface area contributed by atoms with Crippen LogP contribution in [0.4, 0.5) is 4.79 Å². The Hall–Kier alpha value is -2.67. The van der Waals surface area contributed by atoms with E-state index < -0.39 is 51.3 Å². The second-order valence-corrected chi connectivity index (χ2v) is 13.9. The summed E-state index contributed by atoms with van der Waals surface area (Å²) in [6, 6.07) is -1.70. The van der Waals surface area contributed by atoms with Gasteiger partial charge in [0.15, 0.2) is 0 Å². The molecule has 0 aromatic heterocycles. The van der Waals surface area contributed by atoms with E-state index >= 15 is 0 Å². The van der Waals surface area contributed by atoms with E-state index in [0.717, 1.165) is 19.3 Å². The van der Waals surface area contributed by atoms with Crippen LogP contribution in [0.3, 0.4) is 0 Å². The summed E-state index contributed by atoms with van der Waals surface area (Å²) >= 11 is 0. The van der Waals surface area contributed by atoms with Crippen LogP contribution in [0.25, 0.3) is 0 Å². The van der Waals surface area contributed by atoms with Crippen molar-refractivity contribution >= 4 is 34.0 Å². The van der Waals surface area contributed by atoms with Gasteiger partial charge in [0.25, 0.3) is 5.91 Å². The number of ether oxygens (including phenoxy) is 1. The third-order valence-corrected chi connectivity index (χ3v) is 8.24. The molecule has 1 saturated heterocycles. The molecule has 0 spiro atoms. The topological polar surface area (TPSA) is 163 Å². The molecule has 0 aromatic rings. The number of hydrogen-bond acceptors (Lipinski definition) is 7. The summed E-state index contributed by atoms with van der Waals surface area (Å²) < 4.78 is 34.8. The van der Waals surface area contributed by atoms with Gasteiger partial charge in [-0.2, -0.15) is 13.1 Å². The largest absolute Gasteiger partial charge is 0.444 e. The molecule has 13 heteroatoms. The minimum absolute atomic E-state index is 0.0408. The Balaban J connectivity index is 1.81. The van der Waals surface area contributed by atoms with E-state index in [2.05, 4.69) is 20.1 Å². The number of fused-ring (bicyclic) bond motifs is 2. The monoisotopic (exact) mass is 583 g/mol. The molecule has 4 N–H and O–H groups in total. The Bertz CT molecular complexity index is 1100. The Morgan fingerprint density at radius 2 is 1.88 bits per heavy atom. The van der Waals surface area contributed by atoms with Crippen molar-refractivity contribution < 1.29 is 32.3 Å². The van der Waals surface area contributed by atoms with Gasteiger partial charge in [-0.1, -0.05) is 38.8 Å². The molecule has 2 heterocycles. The Labute approximate surface area is 237 Å². The molecule has 1 saturated carbocycles. The predicted octanol–water partition coefficient (Wildman–Crippen LogP) is 1.87. The summed E-state index contributed by atoms with van der Waals surface area (Å²) in [7, 11) is -4.12. The summed E-state index contributed by atoms with van der Waals surface area (Å²) in [6.45, 7) is 9.38. The van der Waals surface area contributed by atoms with E-state index in [0.29, 0.717) is 32.2 Å². The molecule has 2 aliphatic heterocycles. The van der Waals surface area contributed by atoms with Crippen molar-refractivity contribution in [1.82, 2.24) is 25.0 Å². The average molecular weight is 584 g/mol. The maximum absolute atomic E-state index is 13.6. The van der Waals surface area contributed by atoms with Gasteiger partial charge in [0, 0.05) is 19.0 Å². The first-order chi connectivity index (χ1) is 18.6. The van der Waals surface area contributed by atoms with Crippen molar-refractivity contribution in [2.75, 3.05) is 13.1 Å². The normalized spacial score (nSPS) is 28.9. The highest BCUT2D eigenvalue weighted by Gasteiger charge is 2.61. The SMILES string of the molecule is CC(C)CNS(=O)(=O)NC(=O)[C@@]12C[C@H]1/C=C\CCCCCC(NC(=O)OC(C)(C)C)C(=O)N1CCC[C@H]1C(=O)N2. The maximum atomic E-state index is 13.6. The zero-order chi connectivity index (χ0) is 29.7. The Morgan fingerprint density at radius 1 is 1.15 bits per heavy atom. The van der Waals surface area contributed by atoms with Crippen LogP contribution in [0, 0.1) is 11.8 Å². The molecule has 1 unspecified atom stereocenters. The van der Waals surface area contributed by atoms with Gasteiger partial charge in [-0.25, -0.2) is 9.52 Å². The van der Waals surface area contributed by atoms with Crippen LogP contribution >= 0.6 is 0 Å². The van der Waals surface area contributed by atoms with Crippen LogP contribution < -0.4 is 20.1 Å². The van der Waals surface area contributed by atoms with E-state index in [4.69, 9.17) is 4.74 Å². The molecular weight excluding hydrogens is 538 g/mol. The van der Waals surface area contributed by atoms with Gasteiger partial charge in [0.05, 0.1) is 0 Å². The molecule has 3 rings (SSSR count). The van der Waals surface area contributed by atoms with E-state index in [1.807, 2.05) is 26.0 Å². The van der Waals surface area contributed by atoms with Crippen molar-refractivity contribution in [3.8, 4) is 0 Å². The number of hydrogen-bond donors (Lipinski definition) is 4. The second kappa shape index (κ2) is 12.9. The van der Waals surface area contributed by atoms with Gasteiger partial charge < -0.3 is 20.3 Å². The first-order valence-corrected chi connectivity index (χ1v) is 15.7. The number of carbonyl (C=O) groups excluding carboxylic acids is 4. The summed E-state index contributed by atoms with van der Waals surface area (Å²) in [5.74, 6) is -2.03. The quantitative estimate of drug-likeness (QED) is 0.347. The Morgan fingerprint density at radius 3 is 2.55 bits per heavy atom. The van der Waals surface area contributed by atoms with E-state index in [-0.39, 0.29) is 30.7 Å². The maximum Gasteiger partial charge on any atom is 0.408 e. The molecule has 1 aliphatic carbocycles. The lowest BCUT2D eigenvalue weighted by Gasteiger charge is -2.30. The number of nitrogens with one attached hydrogen (secondary N) is 4. The van der Waals surface area contributed by atoms with Crippen molar-refractivity contribution in [3.05, 3.63) is 12.2 Å². The first kappa shape index (κ1) is 31.9. The number of nitrogens with zero attached hydrogens (tertiary/aromatic N) is 1. The molecule has 40 heavy (non-hydrogen) atoms. The van der Waals surface area contributed by atoms with Crippen molar-refractivity contribution in [3.63, 3.8) is 0 Å². The van der Waals surface area contributed by atoms with Gasteiger partial charge in [-0.15, -0.1) is 0 Å². The number of rotatable bonds is 6. The fraction of sp³-hybridized carbons (Fsp3) is 0.778. The van der Waals surface area contributed by atoms with Crippen LogP contribution in [0.1, 0.15) is 86.0 Å². The highest BCUT2D eigenvalue weighted by Crippen LogP contribution is 2.45. The van der Waals surface area contributed by atoms with E-state index in [1.54, 1.807) is 20.8 Å². The molecule has 12 nitrogen and oxygen atoms in total. The highest BCUT2D eigenvalue weighted by molar-refractivity contribution is 7.88. The fourth-order valence-corrected chi connectivity index (χ4v) is 6.12. The van der Waals surface area contributed by atoms with Crippen LogP contribution in [0.2, 0.25) is 0 Å². The average Bonchev–Trinajstić information content (AvgIpc) is 3.29. The van der Waals surface area contributed by atoms with Gasteiger partial charge in [0.2, 0.25) is 11.8 Å². The van der Waals surface area contributed by atoms with Gasteiger partial charge >= 0.3 is 16.3 Å². The van der Waals surface area contributed by atoms with Crippen molar-refractivity contribution in [2.45, 2.75) is 109 Å². The molecule has 226 valence electrons. The Kier molecular flexibility index (Phi) is 10.3. The minimum atomic E-state index is -4.12. The number of allylic oxidation sites excluding steroid dienone is 1. The van der Waals surface area contributed by atoms with Crippen LogP contribution in [0.15, 0.2) is 12.2 Å². The smallest absolute Gasteiger partial charge is 0.408 e. The molecule has 4 amide bonds. The lowest BCUT2D eigenvalue weighted by molar-refractivity contribution is -0.141. The molecule has 4 atom stereocenters. The first-order valence-electron chi connectivity index (χ1n) is 14.2. The lowest BCUT2D eigenvalue weighted by atomic mass is 10.0. The summed E-state index contributed by atoms with van der Waals surface area (Å²) in [6.07, 6.45) is 7.82. The lowest BCUT2D eigenvalue weighted by Crippen LogP contribution is -2.59. The van der Waals surface area contributed by atoms with Crippen molar-refractivity contribution in [2.24, 2.45) is 11.8 Å². The van der Waals surface area contributed by atoms with Crippen LogP contribution in [-0.2, 0) is 29.3 Å². The predicted molar refractivity (Wildman–Crippen MR) is 149 cm³/mol. The minimum Gasteiger partial charge on any atom is -0.444 e. The van der Waals surface area contributed by atoms with Crippen molar-refractivity contribution in [1.29, 1.82) is 0 Å². The second-order valence-electron chi connectivity index (χ2n) is 12.4. The number of alkyl carbamates (subject to hydrolysis) is 1. The van der Waals surface area contributed by atoms with Crippen LogP contribution in [-0.4, -0.2) is 73.4 Å². The molecule has 2 fully saturated rings. The number of carbonyl (C=O) groups is 4. The van der Waals surface area contributed by atoms with Crippen LogP contribution in [0.5, 0.6) is 0 Å². The summed E-state index contributed by atoms with van der Waals surface area (Å²) in [4.78, 5) is 54.4. The summed E-state index contributed by atoms with van der Waals surface area (Å²) in [5.41, 5.74) is -2.16. The van der Waals surface area contributed by atoms with E-state index in [1.165, 1.54) is 4.90 Å². The molecule has 0 radical (unpaired) electrons. The van der Waals surface area contributed by atoms with Gasteiger partial charge in [-0.05, 0) is 65.2 Å². The van der Waals surface area contributed by atoms with E-state index in [9.17, 15) is 27.6 Å². The van der Waals surface area contributed by atoms with Gasteiger partial charge in [0.1, 0.15) is 23.2 Å². The molecule has 0 aromatic carbocycles. The standard InChI is InChI=1S/C27H45N5O7S/c1-18(2)17-28-40(37,38)31-24(35)27-16-19(27)12-9-7-6-8-10-13-20(29-25(36)39-26(3,4)5)23(34)32-15-11-14-21(32)22(33)30-27/h9,12,18-21,28H,6-8,10-11,13-17H2,1-5H3,(H,29,36)(H,30,33)(H,31,35)/b12-9-/t19-,20?,21+,27-/m1/s1. The zero-order valence-corrected chi connectivity index (χ0v) is 25.1.